The van der Waals surface area contributed by atoms with Crippen molar-refractivity contribution in [3.63, 3.8) is 0 Å². The van der Waals surface area contributed by atoms with E-state index in [4.69, 9.17) is 9.47 Å². The van der Waals surface area contributed by atoms with Gasteiger partial charge in [-0.3, -0.25) is 14.5 Å². The Hall–Kier alpha value is -3.25. The number of aryl methyl sites for hydroxylation is 1. The standard InChI is InChI=1S/C23H17NO4S/c1-14-9-19-20(28-13-27-19)10-17(14)11-21-22(25)24(23(26)29-21)12-16-7-4-6-15-5-2-3-8-18(15)16/h2-11H,12-13H2,1H3/b21-11+. The summed E-state index contributed by atoms with van der Waals surface area (Å²) in [5.74, 6) is 1.07. The van der Waals surface area contributed by atoms with E-state index in [1.54, 1.807) is 6.08 Å². The maximum Gasteiger partial charge on any atom is 0.293 e. The first-order valence-corrected chi connectivity index (χ1v) is 10.0. The van der Waals surface area contributed by atoms with Crippen molar-refractivity contribution in [1.29, 1.82) is 0 Å². The summed E-state index contributed by atoms with van der Waals surface area (Å²) in [5, 5.41) is 1.88. The molecule has 144 valence electrons. The van der Waals surface area contributed by atoms with E-state index in [2.05, 4.69) is 0 Å². The van der Waals surface area contributed by atoms with Gasteiger partial charge in [0.05, 0.1) is 11.4 Å². The molecule has 3 aromatic carbocycles. The van der Waals surface area contributed by atoms with Crippen molar-refractivity contribution in [2.24, 2.45) is 0 Å². The highest BCUT2D eigenvalue weighted by atomic mass is 32.2. The first-order chi connectivity index (χ1) is 14.1. The van der Waals surface area contributed by atoms with Gasteiger partial charge in [-0.1, -0.05) is 42.5 Å². The highest BCUT2D eigenvalue weighted by molar-refractivity contribution is 8.18. The molecule has 29 heavy (non-hydrogen) atoms. The fourth-order valence-electron chi connectivity index (χ4n) is 3.59. The molecule has 5 rings (SSSR count). The van der Waals surface area contributed by atoms with Crippen LogP contribution in [0.5, 0.6) is 11.5 Å². The van der Waals surface area contributed by atoms with Crippen LogP contribution in [0.25, 0.3) is 16.8 Å². The molecule has 1 saturated heterocycles. The average Bonchev–Trinajstić information content (AvgIpc) is 3.27. The number of benzene rings is 3. The van der Waals surface area contributed by atoms with Crippen molar-refractivity contribution in [1.82, 2.24) is 4.90 Å². The topological polar surface area (TPSA) is 55.8 Å². The van der Waals surface area contributed by atoms with Gasteiger partial charge in [-0.15, -0.1) is 0 Å². The summed E-state index contributed by atoms with van der Waals surface area (Å²) in [4.78, 5) is 27.3. The third kappa shape index (κ3) is 3.15. The van der Waals surface area contributed by atoms with Crippen molar-refractivity contribution in [3.05, 3.63) is 76.2 Å². The van der Waals surface area contributed by atoms with Gasteiger partial charge in [-0.2, -0.15) is 0 Å². The lowest BCUT2D eigenvalue weighted by Gasteiger charge is -2.14. The molecule has 3 aromatic rings. The molecule has 0 bridgehead atoms. The molecule has 0 aromatic heterocycles. The van der Waals surface area contributed by atoms with Gasteiger partial charge in [0.2, 0.25) is 6.79 Å². The van der Waals surface area contributed by atoms with E-state index in [1.807, 2.05) is 61.5 Å². The molecule has 2 amide bonds. The van der Waals surface area contributed by atoms with Gasteiger partial charge in [-0.25, -0.2) is 0 Å². The van der Waals surface area contributed by atoms with Crippen molar-refractivity contribution < 1.29 is 19.1 Å². The maximum absolute atomic E-state index is 13.0. The predicted molar refractivity (Wildman–Crippen MR) is 113 cm³/mol. The highest BCUT2D eigenvalue weighted by Gasteiger charge is 2.35. The van der Waals surface area contributed by atoms with Crippen molar-refractivity contribution >= 4 is 39.8 Å². The lowest BCUT2D eigenvalue weighted by molar-refractivity contribution is -0.123. The lowest BCUT2D eigenvalue weighted by atomic mass is 10.0. The Morgan fingerprint density at radius 3 is 2.66 bits per heavy atom. The fourth-order valence-corrected chi connectivity index (χ4v) is 4.42. The molecule has 0 aliphatic carbocycles. The summed E-state index contributed by atoms with van der Waals surface area (Å²) >= 11 is 0.970. The molecule has 0 radical (unpaired) electrons. The van der Waals surface area contributed by atoms with Crippen LogP contribution >= 0.6 is 11.8 Å². The quantitative estimate of drug-likeness (QED) is 0.569. The number of amides is 2. The van der Waals surface area contributed by atoms with Crippen molar-refractivity contribution in [3.8, 4) is 11.5 Å². The zero-order chi connectivity index (χ0) is 20.0. The van der Waals surface area contributed by atoms with Crippen LogP contribution in [-0.4, -0.2) is 22.8 Å². The Morgan fingerprint density at radius 2 is 1.79 bits per heavy atom. The van der Waals surface area contributed by atoms with Gasteiger partial charge >= 0.3 is 0 Å². The predicted octanol–water partition coefficient (Wildman–Crippen LogP) is 5.11. The highest BCUT2D eigenvalue weighted by Crippen LogP contribution is 2.38. The summed E-state index contributed by atoms with van der Waals surface area (Å²) in [6.45, 7) is 2.39. The van der Waals surface area contributed by atoms with Crippen LogP contribution in [0.4, 0.5) is 4.79 Å². The van der Waals surface area contributed by atoms with E-state index in [0.29, 0.717) is 16.4 Å². The van der Waals surface area contributed by atoms with E-state index in [1.165, 1.54) is 4.90 Å². The number of carbonyl (C=O) groups excluding carboxylic acids is 2. The van der Waals surface area contributed by atoms with Gasteiger partial charge in [0, 0.05) is 0 Å². The summed E-state index contributed by atoms with van der Waals surface area (Å²) in [6, 6.07) is 17.6. The first-order valence-electron chi connectivity index (χ1n) is 9.22. The number of fused-ring (bicyclic) bond motifs is 2. The van der Waals surface area contributed by atoms with Crippen molar-refractivity contribution in [2.75, 3.05) is 6.79 Å². The molecular weight excluding hydrogens is 386 g/mol. The summed E-state index contributed by atoms with van der Waals surface area (Å²) in [5.41, 5.74) is 2.74. The Labute approximate surface area is 171 Å². The molecule has 0 atom stereocenters. The summed E-state index contributed by atoms with van der Waals surface area (Å²) in [7, 11) is 0. The molecule has 5 nitrogen and oxygen atoms in total. The number of nitrogens with zero attached hydrogens (tertiary/aromatic N) is 1. The fraction of sp³-hybridized carbons (Fsp3) is 0.130. The SMILES string of the molecule is Cc1cc2c(cc1/C=C1/SC(=O)N(Cc3cccc4ccccc34)C1=O)OCO2. The number of hydrogen-bond donors (Lipinski definition) is 0. The third-order valence-electron chi connectivity index (χ3n) is 5.13. The molecule has 0 unspecified atom stereocenters. The second kappa shape index (κ2) is 6.97. The van der Waals surface area contributed by atoms with Gasteiger partial charge < -0.3 is 9.47 Å². The number of ether oxygens (including phenoxy) is 2. The lowest BCUT2D eigenvalue weighted by Crippen LogP contribution is -2.27. The largest absolute Gasteiger partial charge is 0.454 e. The van der Waals surface area contributed by atoms with Crippen LogP contribution in [-0.2, 0) is 11.3 Å². The van der Waals surface area contributed by atoms with Gasteiger partial charge in [0.1, 0.15) is 0 Å². The zero-order valence-electron chi connectivity index (χ0n) is 15.7. The van der Waals surface area contributed by atoms with Crippen molar-refractivity contribution in [2.45, 2.75) is 13.5 Å². The molecule has 6 heteroatoms. The molecule has 2 aliphatic rings. The number of carbonyl (C=O) groups is 2. The molecule has 0 saturated carbocycles. The molecule has 2 heterocycles. The van der Waals surface area contributed by atoms with Gasteiger partial charge in [-0.05, 0) is 64.4 Å². The summed E-state index contributed by atoms with van der Waals surface area (Å²) < 4.78 is 10.8. The van der Waals surface area contributed by atoms with Crippen LogP contribution in [0.2, 0.25) is 0 Å². The van der Waals surface area contributed by atoms with Gasteiger partial charge in [0.15, 0.2) is 11.5 Å². The number of rotatable bonds is 3. The monoisotopic (exact) mass is 403 g/mol. The Morgan fingerprint density at radius 1 is 1.03 bits per heavy atom. The minimum Gasteiger partial charge on any atom is -0.454 e. The smallest absolute Gasteiger partial charge is 0.293 e. The van der Waals surface area contributed by atoms with Crippen LogP contribution < -0.4 is 9.47 Å². The molecule has 1 fully saturated rings. The number of imide groups is 1. The van der Waals surface area contributed by atoms with Gasteiger partial charge in [0.25, 0.3) is 11.1 Å². The zero-order valence-corrected chi connectivity index (χ0v) is 16.5. The molecular formula is C23H17NO4S. The maximum atomic E-state index is 13.0. The Balaban J connectivity index is 1.45. The van der Waals surface area contributed by atoms with E-state index in [9.17, 15) is 9.59 Å². The second-order valence-electron chi connectivity index (χ2n) is 6.97. The second-order valence-corrected chi connectivity index (χ2v) is 7.96. The minimum atomic E-state index is -0.273. The van der Waals surface area contributed by atoms with Crippen LogP contribution in [0.1, 0.15) is 16.7 Å². The van der Waals surface area contributed by atoms with Crippen LogP contribution in [0, 0.1) is 6.92 Å². The van der Waals surface area contributed by atoms with E-state index >= 15 is 0 Å². The summed E-state index contributed by atoms with van der Waals surface area (Å²) in [6.07, 6.45) is 1.76. The van der Waals surface area contributed by atoms with E-state index < -0.39 is 0 Å². The number of hydrogen-bond acceptors (Lipinski definition) is 5. The minimum absolute atomic E-state index is 0.194. The van der Waals surface area contributed by atoms with Crippen LogP contribution in [0.3, 0.4) is 0 Å². The first kappa shape index (κ1) is 17.8. The average molecular weight is 403 g/mol. The third-order valence-corrected chi connectivity index (χ3v) is 6.04. The number of thioether (sulfide) groups is 1. The van der Waals surface area contributed by atoms with E-state index in [-0.39, 0.29) is 24.5 Å². The van der Waals surface area contributed by atoms with Crippen LogP contribution in [0.15, 0.2) is 59.5 Å². The molecule has 0 N–H and O–H groups in total. The molecule has 2 aliphatic heterocycles. The Kier molecular flexibility index (Phi) is 4.28. The normalized spacial score (nSPS) is 17.0. The molecule has 0 spiro atoms. The Bertz CT molecular complexity index is 1200. The van der Waals surface area contributed by atoms with E-state index in [0.717, 1.165) is 39.2 Å².